The zero-order valence-corrected chi connectivity index (χ0v) is 16.7. The van der Waals surface area contributed by atoms with E-state index in [0.29, 0.717) is 16.6 Å². The van der Waals surface area contributed by atoms with Crippen molar-refractivity contribution in [2.45, 2.75) is 0 Å². The molecule has 0 radical (unpaired) electrons. The number of rotatable bonds is 3. The Kier molecular flexibility index (Phi) is 4.37. The van der Waals surface area contributed by atoms with E-state index in [2.05, 4.69) is 9.97 Å². The lowest BCUT2D eigenvalue weighted by Crippen LogP contribution is -2.33. The minimum atomic E-state index is -0.659. The minimum Gasteiger partial charge on any atom is -0.494 e. The smallest absolute Gasteiger partial charge is 0.333 e. The summed E-state index contributed by atoms with van der Waals surface area (Å²) >= 11 is 6.17. The van der Waals surface area contributed by atoms with Crippen LogP contribution in [0.25, 0.3) is 38.9 Å². The van der Waals surface area contributed by atoms with Crippen molar-refractivity contribution in [1.82, 2.24) is 14.5 Å². The molecule has 5 rings (SSSR count). The monoisotopic (exact) mass is 437 g/mol. The van der Waals surface area contributed by atoms with E-state index in [4.69, 9.17) is 20.8 Å². The number of benzene rings is 2. The number of hydrogen-bond acceptors (Lipinski definition) is 5. The van der Waals surface area contributed by atoms with Gasteiger partial charge in [-0.15, -0.1) is 0 Å². The van der Waals surface area contributed by atoms with E-state index < -0.39 is 17.1 Å². The van der Waals surface area contributed by atoms with Crippen molar-refractivity contribution in [1.29, 1.82) is 0 Å². The van der Waals surface area contributed by atoms with Crippen LogP contribution in [-0.4, -0.2) is 21.6 Å². The number of hydrogen-bond donors (Lipinski definition) is 1. The molecule has 3 heterocycles. The molecule has 9 heteroatoms. The Balaban J connectivity index is 1.77. The Hall–Kier alpha value is -3.91. The fourth-order valence-corrected chi connectivity index (χ4v) is 3.76. The normalized spacial score (nSPS) is 11.3. The summed E-state index contributed by atoms with van der Waals surface area (Å²) in [6, 6.07) is 11.2. The van der Waals surface area contributed by atoms with Crippen LogP contribution in [0, 0.1) is 5.82 Å². The number of methoxy groups -OCH3 is 1. The molecule has 7 nitrogen and oxygen atoms in total. The number of aromatic amines is 1. The fourth-order valence-electron chi connectivity index (χ4n) is 3.51. The predicted octanol–water partition coefficient (Wildman–Crippen LogP) is 4.29. The van der Waals surface area contributed by atoms with Crippen LogP contribution in [0.5, 0.6) is 5.75 Å². The van der Waals surface area contributed by atoms with E-state index in [0.717, 1.165) is 16.0 Å². The van der Waals surface area contributed by atoms with Gasteiger partial charge in [-0.25, -0.2) is 13.8 Å². The third-order valence-electron chi connectivity index (χ3n) is 4.97. The van der Waals surface area contributed by atoms with Gasteiger partial charge >= 0.3 is 11.2 Å². The van der Waals surface area contributed by atoms with Gasteiger partial charge in [0.25, 0.3) is 0 Å². The topological polar surface area (TPSA) is 90.1 Å². The maximum Gasteiger partial charge on any atom is 0.333 e. The lowest BCUT2D eigenvalue weighted by atomic mass is 10.1. The molecule has 0 aliphatic carbocycles. The molecule has 0 atom stereocenters. The minimum absolute atomic E-state index is 0.0346. The lowest BCUT2D eigenvalue weighted by molar-refractivity contribution is 0.386. The maximum absolute atomic E-state index is 13.9. The number of furan rings is 1. The molecule has 2 aromatic carbocycles. The van der Waals surface area contributed by atoms with Crippen molar-refractivity contribution < 1.29 is 13.5 Å². The van der Waals surface area contributed by atoms with Gasteiger partial charge in [0.05, 0.1) is 29.5 Å². The average molecular weight is 438 g/mol. The zero-order valence-electron chi connectivity index (χ0n) is 16.0. The first-order valence-corrected chi connectivity index (χ1v) is 9.51. The van der Waals surface area contributed by atoms with Gasteiger partial charge in [-0.3, -0.25) is 9.78 Å². The predicted molar refractivity (Wildman–Crippen MR) is 115 cm³/mol. The van der Waals surface area contributed by atoms with Gasteiger partial charge in [-0.2, -0.15) is 0 Å². The number of fused-ring (bicyclic) bond motifs is 2. The largest absolute Gasteiger partial charge is 0.494 e. The molecule has 0 saturated carbocycles. The molecule has 0 amide bonds. The Morgan fingerprint density at radius 1 is 1.16 bits per heavy atom. The van der Waals surface area contributed by atoms with Crippen molar-refractivity contribution in [2.75, 3.05) is 7.11 Å². The Bertz CT molecular complexity index is 1600. The van der Waals surface area contributed by atoms with Gasteiger partial charge in [-0.05, 0) is 12.1 Å². The second-order valence-corrected chi connectivity index (χ2v) is 7.18. The van der Waals surface area contributed by atoms with Crippen LogP contribution in [0.15, 0.2) is 68.9 Å². The first-order chi connectivity index (χ1) is 15.0. The van der Waals surface area contributed by atoms with E-state index in [-0.39, 0.29) is 27.6 Å². The Morgan fingerprint density at radius 3 is 2.77 bits per heavy atom. The molecule has 0 spiro atoms. The van der Waals surface area contributed by atoms with Gasteiger partial charge in [0.2, 0.25) is 5.58 Å². The third kappa shape index (κ3) is 3.00. The van der Waals surface area contributed by atoms with Gasteiger partial charge < -0.3 is 14.1 Å². The summed E-state index contributed by atoms with van der Waals surface area (Å²) in [4.78, 5) is 32.8. The summed E-state index contributed by atoms with van der Waals surface area (Å²) in [5.41, 5.74) is -0.560. The van der Waals surface area contributed by atoms with Crippen LogP contribution in [-0.2, 0) is 0 Å². The second-order valence-electron chi connectivity index (χ2n) is 6.77. The van der Waals surface area contributed by atoms with Crippen molar-refractivity contribution in [2.24, 2.45) is 0 Å². The molecular weight excluding hydrogens is 425 g/mol. The summed E-state index contributed by atoms with van der Waals surface area (Å²) in [5.74, 6) is -0.487. The summed E-state index contributed by atoms with van der Waals surface area (Å²) in [7, 11) is 1.32. The highest BCUT2D eigenvalue weighted by atomic mass is 35.5. The van der Waals surface area contributed by atoms with Gasteiger partial charge in [0, 0.05) is 28.6 Å². The number of nitrogens with one attached hydrogen (secondary N) is 1. The average Bonchev–Trinajstić information content (AvgIpc) is 3.18. The number of ether oxygens (including phenoxy) is 1. The van der Waals surface area contributed by atoms with Crippen LogP contribution in [0.2, 0.25) is 5.02 Å². The van der Waals surface area contributed by atoms with E-state index in [1.54, 1.807) is 18.3 Å². The molecule has 0 aliphatic rings. The zero-order chi connectivity index (χ0) is 21.7. The Labute approximate surface area is 178 Å². The molecule has 0 aliphatic heterocycles. The number of nitrogens with zero attached hydrogens (tertiary/aromatic N) is 2. The molecule has 0 saturated heterocycles. The standard InChI is InChI=1S/C22H13ClFN3O4/c1-30-19-6-13(14(23)7-15(19)24)18-8-16-20(31-18)21(28)27(22(29)26-16)17-10-25-9-11-4-2-3-5-12(11)17/h2-10H,1H3,(H,26,29). The van der Waals surface area contributed by atoms with Crippen molar-refractivity contribution in [3.63, 3.8) is 0 Å². The van der Waals surface area contributed by atoms with E-state index >= 15 is 0 Å². The molecule has 0 unspecified atom stereocenters. The number of aromatic nitrogens is 3. The van der Waals surface area contributed by atoms with Crippen molar-refractivity contribution in [3.8, 4) is 22.8 Å². The number of pyridine rings is 1. The molecule has 0 fully saturated rings. The van der Waals surface area contributed by atoms with Gasteiger partial charge in [0.1, 0.15) is 5.76 Å². The molecule has 1 N–H and O–H groups in total. The van der Waals surface area contributed by atoms with Crippen molar-refractivity contribution >= 4 is 33.5 Å². The summed E-state index contributed by atoms with van der Waals surface area (Å²) in [6.07, 6.45) is 3.09. The molecule has 3 aromatic heterocycles. The van der Waals surface area contributed by atoms with E-state index in [1.165, 1.54) is 25.4 Å². The highest BCUT2D eigenvalue weighted by Gasteiger charge is 2.19. The lowest BCUT2D eigenvalue weighted by Gasteiger charge is -2.07. The van der Waals surface area contributed by atoms with E-state index in [9.17, 15) is 14.0 Å². The summed E-state index contributed by atoms with van der Waals surface area (Å²) in [5, 5.41) is 1.53. The van der Waals surface area contributed by atoms with Gasteiger partial charge in [0.15, 0.2) is 11.6 Å². The molecule has 31 heavy (non-hydrogen) atoms. The Morgan fingerprint density at radius 2 is 1.97 bits per heavy atom. The maximum atomic E-state index is 13.9. The first-order valence-electron chi connectivity index (χ1n) is 9.13. The van der Waals surface area contributed by atoms with Gasteiger partial charge in [-0.1, -0.05) is 35.9 Å². The summed E-state index contributed by atoms with van der Waals surface area (Å²) in [6.45, 7) is 0. The first kappa shape index (κ1) is 19.1. The molecular formula is C22H13ClFN3O4. The third-order valence-corrected chi connectivity index (χ3v) is 5.28. The quantitative estimate of drug-likeness (QED) is 0.455. The van der Waals surface area contributed by atoms with Crippen LogP contribution in [0.3, 0.4) is 0 Å². The molecule has 5 aromatic rings. The van der Waals surface area contributed by atoms with Crippen LogP contribution < -0.4 is 16.0 Å². The van der Waals surface area contributed by atoms with Crippen molar-refractivity contribution in [3.05, 3.63) is 86.5 Å². The fraction of sp³-hybridized carbons (Fsp3) is 0.0455. The van der Waals surface area contributed by atoms with E-state index in [1.807, 2.05) is 12.1 Å². The van der Waals surface area contributed by atoms with Crippen LogP contribution in [0.4, 0.5) is 4.39 Å². The highest BCUT2D eigenvalue weighted by Crippen LogP contribution is 2.35. The number of halogens is 2. The van der Waals surface area contributed by atoms with Crippen LogP contribution in [0.1, 0.15) is 0 Å². The SMILES string of the molecule is COc1cc(-c2cc3[nH]c(=O)n(-c4cncc5ccccc45)c(=O)c3o2)c(Cl)cc1F. The van der Waals surface area contributed by atoms with Crippen LogP contribution >= 0.6 is 11.6 Å². The summed E-state index contributed by atoms with van der Waals surface area (Å²) < 4.78 is 25.6. The molecule has 154 valence electrons. The number of H-pyrrole nitrogens is 1. The molecule has 0 bridgehead atoms. The highest BCUT2D eigenvalue weighted by molar-refractivity contribution is 6.33. The second kappa shape index (κ2) is 7.10.